The molecule has 1 aromatic heterocycles. The van der Waals surface area contributed by atoms with Crippen LogP contribution in [0.3, 0.4) is 0 Å². The Morgan fingerprint density at radius 3 is 2.81 bits per heavy atom. The number of aliphatic imine (C=N–C) groups is 1. The van der Waals surface area contributed by atoms with Gasteiger partial charge in [-0.3, -0.25) is 4.99 Å². The fourth-order valence-electron chi connectivity index (χ4n) is 2.43. The third-order valence-corrected chi connectivity index (χ3v) is 3.83. The summed E-state index contributed by atoms with van der Waals surface area (Å²) in [6.45, 7) is 0.366. The van der Waals surface area contributed by atoms with Crippen LogP contribution in [0.4, 0.5) is 9.18 Å². The Kier molecular flexibility index (Phi) is 5.12. The molecule has 0 aliphatic rings. The zero-order valence-electron chi connectivity index (χ0n) is 14.1. The molecule has 8 heteroatoms. The van der Waals surface area contributed by atoms with Crippen LogP contribution in [0.15, 0.2) is 53.8 Å². The van der Waals surface area contributed by atoms with Crippen molar-refractivity contribution in [1.82, 2.24) is 15.0 Å². The first-order valence-corrected chi connectivity index (χ1v) is 7.97. The summed E-state index contributed by atoms with van der Waals surface area (Å²) in [6.07, 6.45) is 1.37. The number of hydrogen-bond donors (Lipinski definition) is 2. The van der Waals surface area contributed by atoms with Crippen molar-refractivity contribution < 1.29 is 14.0 Å². The molecule has 0 aliphatic carbocycles. The van der Waals surface area contributed by atoms with Crippen LogP contribution in [-0.2, 0) is 6.42 Å². The normalized spacial score (nSPS) is 11.5. The number of halogens is 1. The lowest BCUT2D eigenvalue weighted by molar-refractivity contribution is 0.138. The summed E-state index contributed by atoms with van der Waals surface area (Å²) < 4.78 is 14.1. The number of carbonyl (C=O) groups is 1. The van der Waals surface area contributed by atoms with Crippen LogP contribution in [0.2, 0.25) is 0 Å². The highest BCUT2D eigenvalue weighted by atomic mass is 19.1. The van der Waals surface area contributed by atoms with Crippen molar-refractivity contribution in [3.05, 3.63) is 65.7 Å². The maximum Gasteiger partial charge on any atom is 0.432 e. The van der Waals surface area contributed by atoms with Gasteiger partial charge in [-0.05, 0) is 42.3 Å². The van der Waals surface area contributed by atoms with E-state index in [9.17, 15) is 9.18 Å². The molecule has 26 heavy (non-hydrogen) atoms. The molecule has 0 saturated carbocycles. The third kappa shape index (κ3) is 3.97. The monoisotopic (exact) mass is 355 g/mol. The van der Waals surface area contributed by atoms with Crippen molar-refractivity contribution in [2.75, 3.05) is 13.6 Å². The second-order valence-electron chi connectivity index (χ2n) is 5.56. The first kappa shape index (κ1) is 17.4. The summed E-state index contributed by atoms with van der Waals surface area (Å²) in [5.41, 5.74) is 8.71. The van der Waals surface area contributed by atoms with Gasteiger partial charge in [0, 0.05) is 19.2 Å². The van der Waals surface area contributed by atoms with Gasteiger partial charge < -0.3 is 15.9 Å². The highest BCUT2D eigenvalue weighted by Crippen LogP contribution is 2.14. The van der Waals surface area contributed by atoms with Crippen LogP contribution in [0, 0.1) is 5.82 Å². The summed E-state index contributed by atoms with van der Waals surface area (Å²) in [5, 5.41) is 2.64. The number of rotatable bonds is 5. The van der Waals surface area contributed by atoms with E-state index in [-0.39, 0.29) is 5.82 Å². The molecule has 1 heterocycles. The average Bonchev–Trinajstić information content (AvgIpc) is 3.04. The van der Waals surface area contributed by atoms with Gasteiger partial charge >= 0.3 is 6.09 Å². The number of nitrogens with two attached hydrogens (primary N) is 1. The molecule has 134 valence electrons. The molecule has 2 aromatic carbocycles. The zero-order valence-corrected chi connectivity index (χ0v) is 14.1. The molecule has 0 saturated heterocycles. The molecule has 3 rings (SSSR count). The number of amidine groups is 1. The molecular formula is C18H18FN5O2. The van der Waals surface area contributed by atoms with Gasteiger partial charge in [0.15, 0.2) is 0 Å². The minimum absolute atomic E-state index is 0.289. The molecule has 0 atom stereocenters. The molecule has 0 bridgehead atoms. The van der Waals surface area contributed by atoms with E-state index < -0.39 is 6.09 Å². The van der Waals surface area contributed by atoms with E-state index in [0.29, 0.717) is 29.8 Å². The number of fused-ring (bicyclic) bond motifs is 1. The molecule has 3 N–H and O–H groups in total. The van der Waals surface area contributed by atoms with Crippen LogP contribution in [-0.4, -0.2) is 35.2 Å². The maximum absolute atomic E-state index is 12.9. The largest absolute Gasteiger partial charge is 0.432 e. The van der Waals surface area contributed by atoms with Gasteiger partial charge in [0.05, 0.1) is 5.52 Å². The smallest absolute Gasteiger partial charge is 0.384 e. The van der Waals surface area contributed by atoms with Crippen LogP contribution in [0.1, 0.15) is 11.1 Å². The van der Waals surface area contributed by atoms with Crippen LogP contribution in [0.5, 0.6) is 0 Å². The number of carbonyl (C=O) groups excluding carboxylic acids is 1. The minimum atomic E-state index is -0.606. The predicted molar refractivity (Wildman–Crippen MR) is 96.5 cm³/mol. The summed E-state index contributed by atoms with van der Waals surface area (Å²) in [6, 6.07) is 11.4. The molecular weight excluding hydrogens is 337 g/mol. The van der Waals surface area contributed by atoms with E-state index in [1.807, 2.05) is 0 Å². The Morgan fingerprint density at radius 1 is 1.31 bits per heavy atom. The molecule has 0 unspecified atom stereocenters. The zero-order chi connectivity index (χ0) is 18.5. The van der Waals surface area contributed by atoms with Gasteiger partial charge in [0.1, 0.15) is 23.5 Å². The summed E-state index contributed by atoms with van der Waals surface area (Å²) >= 11 is 0. The predicted octanol–water partition coefficient (Wildman–Crippen LogP) is 1.89. The summed E-state index contributed by atoms with van der Waals surface area (Å²) in [7, 11) is 1.61. The third-order valence-electron chi connectivity index (χ3n) is 3.83. The number of imidazole rings is 1. The Bertz CT molecular complexity index is 950. The number of aromatic nitrogens is 2. The van der Waals surface area contributed by atoms with Gasteiger partial charge in [0.25, 0.3) is 0 Å². The standard InChI is InChI=1S/C18H18FN5O2/c1-21-17(20)13-4-7-16-15(10-13)23-11-24(16)26-18(25)22-9-8-12-2-5-14(19)6-3-12/h2-7,10-11H,8-9H2,1H3,(H2,20,21)(H,22,25). The van der Waals surface area contributed by atoms with Gasteiger partial charge in [-0.2, -0.15) is 4.73 Å². The lowest BCUT2D eigenvalue weighted by Crippen LogP contribution is -2.33. The number of nitrogens with zero attached hydrogens (tertiary/aromatic N) is 3. The maximum atomic E-state index is 12.9. The van der Waals surface area contributed by atoms with Crippen LogP contribution in [0.25, 0.3) is 11.0 Å². The Balaban J connectivity index is 1.59. The Labute approximate surface area is 149 Å². The lowest BCUT2D eigenvalue weighted by Gasteiger charge is -2.07. The van der Waals surface area contributed by atoms with Crippen molar-refractivity contribution in [2.24, 2.45) is 10.7 Å². The van der Waals surface area contributed by atoms with Gasteiger partial charge in [0.2, 0.25) is 0 Å². The molecule has 0 radical (unpaired) electrons. The van der Waals surface area contributed by atoms with Crippen molar-refractivity contribution in [2.45, 2.75) is 6.42 Å². The quantitative estimate of drug-likeness (QED) is 0.540. The molecule has 1 amide bonds. The molecule has 0 spiro atoms. The van der Waals surface area contributed by atoms with Crippen LogP contribution < -0.4 is 15.9 Å². The van der Waals surface area contributed by atoms with Gasteiger partial charge in [-0.15, -0.1) is 0 Å². The minimum Gasteiger partial charge on any atom is -0.384 e. The number of amides is 1. The second-order valence-corrected chi connectivity index (χ2v) is 5.56. The molecule has 3 aromatic rings. The number of benzene rings is 2. The van der Waals surface area contributed by atoms with E-state index in [1.54, 1.807) is 37.4 Å². The lowest BCUT2D eigenvalue weighted by atomic mass is 10.1. The van der Waals surface area contributed by atoms with Crippen LogP contribution >= 0.6 is 0 Å². The topological polar surface area (TPSA) is 94.5 Å². The fourth-order valence-corrected chi connectivity index (χ4v) is 2.43. The number of hydrogen-bond acceptors (Lipinski definition) is 4. The van der Waals surface area contributed by atoms with Gasteiger partial charge in [-0.1, -0.05) is 12.1 Å². The number of nitrogens with one attached hydrogen (secondary N) is 1. The fraction of sp³-hybridized carbons (Fsp3) is 0.167. The second kappa shape index (κ2) is 7.64. The summed E-state index contributed by atoms with van der Waals surface area (Å²) in [4.78, 5) is 25.3. The van der Waals surface area contributed by atoms with E-state index >= 15 is 0 Å². The van der Waals surface area contributed by atoms with E-state index in [0.717, 1.165) is 11.1 Å². The SMILES string of the molecule is CN=C(N)c1ccc2c(c1)ncn2OC(=O)NCCc1ccc(F)cc1. The van der Waals surface area contributed by atoms with E-state index in [4.69, 9.17) is 10.6 Å². The van der Waals surface area contributed by atoms with Crippen molar-refractivity contribution >= 4 is 23.0 Å². The molecule has 0 aliphatic heterocycles. The Morgan fingerprint density at radius 2 is 2.08 bits per heavy atom. The first-order valence-electron chi connectivity index (χ1n) is 7.97. The van der Waals surface area contributed by atoms with Crippen molar-refractivity contribution in [1.29, 1.82) is 0 Å². The van der Waals surface area contributed by atoms with Crippen molar-refractivity contribution in [3.8, 4) is 0 Å². The van der Waals surface area contributed by atoms with Crippen molar-refractivity contribution in [3.63, 3.8) is 0 Å². The average molecular weight is 355 g/mol. The summed E-state index contributed by atoms with van der Waals surface area (Å²) in [5.74, 6) is 0.115. The first-order chi connectivity index (χ1) is 12.6. The Hall–Kier alpha value is -3.42. The highest BCUT2D eigenvalue weighted by molar-refractivity contribution is 6.00. The van der Waals surface area contributed by atoms with E-state index in [2.05, 4.69) is 15.3 Å². The van der Waals surface area contributed by atoms with Gasteiger partial charge in [-0.25, -0.2) is 14.2 Å². The molecule has 0 fully saturated rings. The van der Waals surface area contributed by atoms with E-state index in [1.165, 1.54) is 23.2 Å². The molecule has 7 nitrogen and oxygen atoms in total. The highest BCUT2D eigenvalue weighted by Gasteiger charge is 2.10.